The summed E-state index contributed by atoms with van der Waals surface area (Å²) in [5.41, 5.74) is 1.90. The molecule has 12 heavy (non-hydrogen) atoms. The molecule has 0 bridgehead atoms. The predicted octanol–water partition coefficient (Wildman–Crippen LogP) is 2.42. The number of ketones is 1. The zero-order valence-electron chi connectivity index (χ0n) is 7.44. The fourth-order valence-electron chi connectivity index (χ4n) is 1.77. The Bertz CT molecular complexity index is 334. The average Bonchev–Trinajstić information content (AvgIpc) is 2.29. The third-order valence-electron chi connectivity index (χ3n) is 2.54. The molecule has 2 nitrogen and oxygen atoms in total. The maximum absolute atomic E-state index is 11.5. The first-order chi connectivity index (χ1) is 5.70. The zero-order valence-corrected chi connectivity index (χ0v) is 7.44. The van der Waals surface area contributed by atoms with Crippen LogP contribution in [0.3, 0.4) is 0 Å². The van der Waals surface area contributed by atoms with Crippen molar-refractivity contribution in [2.45, 2.75) is 33.1 Å². The first-order valence-electron chi connectivity index (χ1n) is 4.32. The van der Waals surface area contributed by atoms with E-state index in [0.717, 1.165) is 35.5 Å². The molecule has 1 aliphatic carbocycles. The van der Waals surface area contributed by atoms with Gasteiger partial charge in [0.25, 0.3) is 0 Å². The summed E-state index contributed by atoms with van der Waals surface area (Å²) in [6.45, 7) is 3.88. The van der Waals surface area contributed by atoms with Gasteiger partial charge in [-0.15, -0.1) is 0 Å². The quantitative estimate of drug-likeness (QED) is 0.589. The summed E-state index contributed by atoms with van der Waals surface area (Å²) in [5.74, 6) is 2.06. The second-order valence-corrected chi connectivity index (χ2v) is 3.36. The summed E-state index contributed by atoms with van der Waals surface area (Å²) in [4.78, 5) is 11.5. The maximum Gasteiger partial charge on any atom is 0.166 e. The van der Waals surface area contributed by atoms with E-state index in [4.69, 9.17) is 4.42 Å². The summed E-state index contributed by atoms with van der Waals surface area (Å²) in [5, 5.41) is 0. The SMILES string of the molecule is Cc1oc2c(c1C)C(=O)CCC2. The molecule has 0 radical (unpaired) electrons. The third-order valence-corrected chi connectivity index (χ3v) is 2.54. The van der Waals surface area contributed by atoms with Gasteiger partial charge in [-0.2, -0.15) is 0 Å². The van der Waals surface area contributed by atoms with E-state index in [1.165, 1.54) is 0 Å². The van der Waals surface area contributed by atoms with Gasteiger partial charge in [0.1, 0.15) is 11.5 Å². The largest absolute Gasteiger partial charge is 0.465 e. The maximum atomic E-state index is 11.5. The predicted molar refractivity (Wildman–Crippen MR) is 45.5 cm³/mol. The van der Waals surface area contributed by atoms with Crippen molar-refractivity contribution in [3.05, 3.63) is 22.6 Å². The van der Waals surface area contributed by atoms with Crippen LogP contribution in [0.15, 0.2) is 4.42 Å². The Hall–Kier alpha value is -1.05. The number of hydrogen-bond donors (Lipinski definition) is 0. The van der Waals surface area contributed by atoms with Crippen LogP contribution in [-0.4, -0.2) is 5.78 Å². The fourth-order valence-corrected chi connectivity index (χ4v) is 1.77. The highest BCUT2D eigenvalue weighted by atomic mass is 16.3. The van der Waals surface area contributed by atoms with Crippen molar-refractivity contribution in [2.75, 3.05) is 0 Å². The van der Waals surface area contributed by atoms with E-state index in [1.807, 2.05) is 13.8 Å². The number of carbonyl (C=O) groups excluding carboxylic acids is 1. The van der Waals surface area contributed by atoms with Crippen LogP contribution in [0.1, 0.15) is 40.3 Å². The summed E-state index contributed by atoms with van der Waals surface area (Å²) in [7, 11) is 0. The lowest BCUT2D eigenvalue weighted by Crippen LogP contribution is -2.09. The van der Waals surface area contributed by atoms with Crippen molar-refractivity contribution in [3.63, 3.8) is 0 Å². The second-order valence-electron chi connectivity index (χ2n) is 3.36. The standard InChI is InChI=1S/C10H12O2/c1-6-7(2)12-9-5-3-4-8(11)10(6)9/h3-5H2,1-2H3. The normalized spacial score (nSPS) is 16.3. The smallest absolute Gasteiger partial charge is 0.166 e. The van der Waals surface area contributed by atoms with Crippen molar-refractivity contribution >= 4 is 5.78 Å². The molecule has 0 amide bonds. The van der Waals surface area contributed by atoms with Crippen LogP contribution >= 0.6 is 0 Å². The van der Waals surface area contributed by atoms with Crippen molar-refractivity contribution in [3.8, 4) is 0 Å². The van der Waals surface area contributed by atoms with Crippen LogP contribution < -0.4 is 0 Å². The van der Waals surface area contributed by atoms with Gasteiger partial charge in [0.05, 0.1) is 5.56 Å². The van der Waals surface area contributed by atoms with Gasteiger partial charge in [-0.25, -0.2) is 0 Å². The van der Waals surface area contributed by atoms with Crippen LogP contribution in [0.2, 0.25) is 0 Å². The Labute approximate surface area is 71.6 Å². The highest BCUT2D eigenvalue weighted by Crippen LogP contribution is 2.28. The summed E-state index contributed by atoms with van der Waals surface area (Å²) in [6.07, 6.45) is 2.56. The third kappa shape index (κ3) is 0.909. The van der Waals surface area contributed by atoms with Crippen molar-refractivity contribution in [2.24, 2.45) is 0 Å². The Morgan fingerprint density at radius 2 is 2.00 bits per heavy atom. The first kappa shape index (κ1) is 7.59. The lowest BCUT2D eigenvalue weighted by atomic mass is 9.94. The molecule has 0 saturated heterocycles. The summed E-state index contributed by atoms with van der Waals surface area (Å²) < 4.78 is 5.49. The molecule has 0 aliphatic heterocycles. The molecule has 0 atom stereocenters. The number of hydrogen-bond acceptors (Lipinski definition) is 2. The highest BCUT2D eigenvalue weighted by Gasteiger charge is 2.24. The van der Waals surface area contributed by atoms with E-state index in [-0.39, 0.29) is 5.78 Å². The van der Waals surface area contributed by atoms with E-state index >= 15 is 0 Å². The number of rotatable bonds is 0. The van der Waals surface area contributed by atoms with Crippen molar-refractivity contribution in [1.82, 2.24) is 0 Å². The fraction of sp³-hybridized carbons (Fsp3) is 0.500. The molecule has 0 saturated carbocycles. The molecule has 2 heteroatoms. The molecule has 0 unspecified atom stereocenters. The van der Waals surface area contributed by atoms with Gasteiger partial charge in [0, 0.05) is 18.4 Å². The van der Waals surface area contributed by atoms with E-state index in [2.05, 4.69) is 0 Å². The van der Waals surface area contributed by atoms with Gasteiger partial charge in [0.2, 0.25) is 0 Å². The van der Waals surface area contributed by atoms with Crippen molar-refractivity contribution < 1.29 is 9.21 Å². The molecule has 2 rings (SSSR count). The molecule has 0 N–H and O–H groups in total. The van der Waals surface area contributed by atoms with Gasteiger partial charge >= 0.3 is 0 Å². The average molecular weight is 164 g/mol. The first-order valence-corrected chi connectivity index (χ1v) is 4.32. The molecule has 0 aromatic carbocycles. The lowest BCUT2D eigenvalue weighted by molar-refractivity contribution is 0.0969. The van der Waals surface area contributed by atoms with Gasteiger partial charge in [-0.05, 0) is 20.3 Å². The van der Waals surface area contributed by atoms with Crippen LogP contribution in [0, 0.1) is 13.8 Å². The molecule has 1 heterocycles. The molecule has 1 aliphatic rings. The highest BCUT2D eigenvalue weighted by molar-refractivity contribution is 5.99. The van der Waals surface area contributed by atoms with Crippen LogP contribution in [-0.2, 0) is 6.42 Å². The Morgan fingerprint density at radius 3 is 2.67 bits per heavy atom. The lowest BCUT2D eigenvalue weighted by Gasteiger charge is -2.07. The monoisotopic (exact) mass is 164 g/mol. The van der Waals surface area contributed by atoms with Crippen molar-refractivity contribution in [1.29, 1.82) is 0 Å². The number of carbonyl (C=O) groups is 1. The number of aryl methyl sites for hydroxylation is 2. The minimum atomic E-state index is 0.255. The van der Waals surface area contributed by atoms with E-state index < -0.39 is 0 Å². The molecule has 0 fully saturated rings. The topological polar surface area (TPSA) is 30.2 Å². The molecular weight excluding hydrogens is 152 g/mol. The van der Waals surface area contributed by atoms with Crippen LogP contribution in [0.4, 0.5) is 0 Å². The summed E-state index contributed by atoms with van der Waals surface area (Å²) >= 11 is 0. The molecule has 0 spiro atoms. The Balaban J connectivity index is 2.61. The van der Waals surface area contributed by atoms with Crippen LogP contribution in [0.25, 0.3) is 0 Å². The number of Topliss-reactive ketones (excluding diaryl/α,β-unsaturated/α-hetero) is 1. The molecule has 1 aromatic heterocycles. The number of fused-ring (bicyclic) bond motifs is 1. The van der Waals surface area contributed by atoms with E-state index in [1.54, 1.807) is 0 Å². The summed E-state index contributed by atoms with van der Waals surface area (Å²) in [6, 6.07) is 0. The Morgan fingerprint density at radius 1 is 1.25 bits per heavy atom. The van der Waals surface area contributed by atoms with Gasteiger partial charge in [-0.1, -0.05) is 0 Å². The second kappa shape index (κ2) is 2.47. The Kier molecular flexibility index (Phi) is 1.56. The van der Waals surface area contributed by atoms with Gasteiger partial charge in [-0.3, -0.25) is 4.79 Å². The van der Waals surface area contributed by atoms with E-state index in [0.29, 0.717) is 6.42 Å². The molecular formula is C10H12O2. The molecule has 64 valence electrons. The minimum Gasteiger partial charge on any atom is -0.465 e. The number of furan rings is 1. The zero-order chi connectivity index (χ0) is 8.72. The minimum absolute atomic E-state index is 0.255. The molecule has 1 aromatic rings. The van der Waals surface area contributed by atoms with Gasteiger partial charge in [0.15, 0.2) is 5.78 Å². The van der Waals surface area contributed by atoms with E-state index in [9.17, 15) is 4.79 Å². The van der Waals surface area contributed by atoms with Crippen LogP contribution in [0.5, 0.6) is 0 Å². The van der Waals surface area contributed by atoms with Gasteiger partial charge < -0.3 is 4.42 Å².